The van der Waals surface area contributed by atoms with E-state index >= 15 is 0 Å². The largest absolute Gasteiger partial charge is 0.365 e. The zero-order valence-electron chi connectivity index (χ0n) is 15.6. The normalized spacial score (nSPS) is 16.0. The average Bonchev–Trinajstić information content (AvgIpc) is 3.41. The van der Waals surface area contributed by atoms with Gasteiger partial charge in [-0.25, -0.2) is 4.98 Å². The molecule has 0 unspecified atom stereocenters. The Bertz CT molecular complexity index is 1160. The lowest BCUT2D eigenvalue weighted by Crippen LogP contribution is -2.20. The molecule has 2 aromatic heterocycles. The summed E-state index contributed by atoms with van der Waals surface area (Å²) in [7, 11) is 0. The number of rotatable bonds is 4. The van der Waals surface area contributed by atoms with Crippen LogP contribution in [0.2, 0.25) is 5.02 Å². The van der Waals surface area contributed by atoms with E-state index < -0.39 is 0 Å². The van der Waals surface area contributed by atoms with Crippen molar-refractivity contribution >= 4 is 23.4 Å². The fourth-order valence-corrected chi connectivity index (χ4v) is 4.07. The third-order valence-electron chi connectivity index (χ3n) is 4.96. The molecule has 0 fully saturated rings. The minimum Gasteiger partial charge on any atom is -0.365 e. The molecule has 29 heavy (non-hydrogen) atoms. The molecule has 0 saturated heterocycles. The van der Waals surface area contributed by atoms with Crippen LogP contribution in [0.3, 0.4) is 0 Å². The second kappa shape index (κ2) is 7.67. The van der Waals surface area contributed by atoms with Crippen molar-refractivity contribution in [2.24, 2.45) is 0 Å². The molecule has 5 rings (SSSR count). The number of nitrogens with zero attached hydrogens (tertiary/aromatic N) is 4. The predicted molar refractivity (Wildman–Crippen MR) is 112 cm³/mol. The van der Waals surface area contributed by atoms with Gasteiger partial charge in [-0.15, -0.1) is 11.8 Å². The van der Waals surface area contributed by atoms with Gasteiger partial charge in [0.1, 0.15) is 6.10 Å². The van der Waals surface area contributed by atoms with Crippen molar-refractivity contribution in [1.29, 1.82) is 0 Å². The molecule has 0 amide bonds. The quantitative estimate of drug-likeness (QED) is 0.417. The van der Waals surface area contributed by atoms with E-state index in [0.717, 1.165) is 16.8 Å². The minimum absolute atomic E-state index is 0.119. The SMILES string of the molecule is CSc1ccc(-c2noc(-c3ncn4c3CO[C@H](c3ccccc3Cl)C4)n2)cc1. The van der Waals surface area contributed by atoms with Crippen molar-refractivity contribution in [1.82, 2.24) is 19.7 Å². The summed E-state index contributed by atoms with van der Waals surface area (Å²) in [4.78, 5) is 10.2. The summed E-state index contributed by atoms with van der Waals surface area (Å²) in [6, 6.07) is 15.8. The van der Waals surface area contributed by atoms with Gasteiger partial charge < -0.3 is 13.8 Å². The van der Waals surface area contributed by atoms with E-state index in [9.17, 15) is 0 Å². The van der Waals surface area contributed by atoms with Crippen LogP contribution < -0.4 is 0 Å². The molecule has 8 heteroatoms. The van der Waals surface area contributed by atoms with Crippen LogP contribution in [0.4, 0.5) is 0 Å². The molecule has 3 heterocycles. The maximum Gasteiger partial charge on any atom is 0.278 e. The molecule has 0 N–H and O–H groups in total. The summed E-state index contributed by atoms with van der Waals surface area (Å²) < 4.78 is 13.6. The first-order chi connectivity index (χ1) is 14.2. The van der Waals surface area contributed by atoms with E-state index in [2.05, 4.69) is 19.7 Å². The summed E-state index contributed by atoms with van der Waals surface area (Å²) >= 11 is 8.02. The average molecular weight is 425 g/mol. The van der Waals surface area contributed by atoms with E-state index in [1.165, 1.54) is 4.90 Å². The smallest absolute Gasteiger partial charge is 0.278 e. The molecular formula is C21H17ClN4O2S. The molecule has 0 aliphatic carbocycles. The zero-order valence-corrected chi connectivity index (χ0v) is 17.2. The van der Waals surface area contributed by atoms with E-state index in [0.29, 0.717) is 35.6 Å². The Morgan fingerprint density at radius 1 is 1.14 bits per heavy atom. The number of fused-ring (bicyclic) bond motifs is 1. The summed E-state index contributed by atoms with van der Waals surface area (Å²) in [6.45, 7) is 1.02. The van der Waals surface area contributed by atoms with Crippen LogP contribution in [0.5, 0.6) is 0 Å². The molecule has 0 spiro atoms. The van der Waals surface area contributed by atoms with Gasteiger partial charge in [-0.1, -0.05) is 35.0 Å². The number of hydrogen-bond donors (Lipinski definition) is 0. The Kier molecular flexibility index (Phi) is 4.87. The second-order valence-corrected chi connectivity index (χ2v) is 7.95. The number of aromatic nitrogens is 4. The van der Waals surface area contributed by atoms with Crippen LogP contribution in [-0.4, -0.2) is 25.9 Å². The molecule has 4 aromatic rings. The number of ether oxygens (including phenoxy) is 1. The first-order valence-electron chi connectivity index (χ1n) is 9.11. The van der Waals surface area contributed by atoms with Crippen molar-refractivity contribution in [3.05, 3.63) is 71.1 Å². The predicted octanol–water partition coefficient (Wildman–Crippen LogP) is 5.25. The standard InChI is InChI=1S/C21H17ClN4O2S/c1-29-14-8-6-13(7-9-14)20-24-21(28-25-20)19-17-11-27-18(10-26(17)12-23-19)15-4-2-3-5-16(15)22/h2-9,12,18H,10-11H2,1H3/t18-/m0/s1. The Balaban J connectivity index is 1.41. The first-order valence-corrected chi connectivity index (χ1v) is 10.7. The zero-order chi connectivity index (χ0) is 19.8. The lowest BCUT2D eigenvalue weighted by molar-refractivity contribution is 0.00336. The van der Waals surface area contributed by atoms with Gasteiger partial charge in [-0.3, -0.25) is 0 Å². The third kappa shape index (κ3) is 3.46. The van der Waals surface area contributed by atoms with Crippen molar-refractivity contribution in [2.45, 2.75) is 24.2 Å². The van der Waals surface area contributed by atoms with E-state index in [-0.39, 0.29) is 6.10 Å². The fraction of sp³-hybridized carbons (Fsp3) is 0.190. The highest BCUT2D eigenvalue weighted by Crippen LogP contribution is 2.34. The second-order valence-electron chi connectivity index (χ2n) is 6.67. The van der Waals surface area contributed by atoms with E-state index in [1.54, 1.807) is 18.1 Å². The minimum atomic E-state index is -0.119. The molecular weight excluding hydrogens is 408 g/mol. The van der Waals surface area contributed by atoms with Crippen LogP contribution in [0.25, 0.3) is 23.0 Å². The number of imidazole rings is 1. The van der Waals surface area contributed by atoms with Crippen LogP contribution in [-0.2, 0) is 17.9 Å². The molecule has 0 radical (unpaired) electrons. The van der Waals surface area contributed by atoms with Gasteiger partial charge in [0.25, 0.3) is 5.89 Å². The number of benzene rings is 2. The molecule has 0 saturated carbocycles. The lowest BCUT2D eigenvalue weighted by Gasteiger charge is -2.26. The molecule has 1 aliphatic heterocycles. The Labute approximate surface area is 176 Å². The van der Waals surface area contributed by atoms with Gasteiger partial charge >= 0.3 is 0 Å². The lowest BCUT2D eigenvalue weighted by atomic mass is 10.1. The Hall–Kier alpha value is -2.61. The molecule has 0 bridgehead atoms. The highest BCUT2D eigenvalue weighted by molar-refractivity contribution is 7.98. The fourth-order valence-electron chi connectivity index (χ4n) is 3.41. The number of halogens is 1. The molecule has 1 aliphatic rings. The van der Waals surface area contributed by atoms with Crippen molar-refractivity contribution < 1.29 is 9.26 Å². The van der Waals surface area contributed by atoms with Crippen molar-refractivity contribution in [3.8, 4) is 23.0 Å². The summed E-state index contributed by atoms with van der Waals surface area (Å²) in [5, 5.41) is 4.82. The highest BCUT2D eigenvalue weighted by atomic mass is 35.5. The third-order valence-corrected chi connectivity index (χ3v) is 6.05. The van der Waals surface area contributed by atoms with Gasteiger partial charge in [0, 0.05) is 21.0 Å². The van der Waals surface area contributed by atoms with Gasteiger partial charge in [-0.05, 0) is 36.6 Å². The summed E-state index contributed by atoms with van der Waals surface area (Å²) in [6.07, 6.45) is 3.71. The first kappa shape index (κ1) is 18.4. The molecule has 146 valence electrons. The van der Waals surface area contributed by atoms with Crippen LogP contribution in [0.15, 0.2) is 64.3 Å². The highest BCUT2D eigenvalue weighted by Gasteiger charge is 2.27. The Morgan fingerprint density at radius 2 is 1.97 bits per heavy atom. The molecule has 1 atom stereocenters. The van der Waals surface area contributed by atoms with Gasteiger partial charge in [0.15, 0.2) is 5.69 Å². The maximum atomic E-state index is 6.33. The summed E-state index contributed by atoms with van der Waals surface area (Å²) in [5.41, 5.74) is 3.45. The monoisotopic (exact) mass is 424 g/mol. The maximum absolute atomic E-state index is 6.33. The molecule has 2 aromatic carbocycles. The number of hydrogen-bond acceptors (Lipinski definition) is 6. The van der Waals surface area contributed by atoms with Crippen molar-refractivity contribution in [3.63, 3.8) is 0 Å². The van der Waals surface area contributed by atoms with Crippen LogP contribution in [0, 0.1) is 0 Å². The van der Waals surface area contributed by atoms with E-state index in [1.807, 2.05) is 54.8 Å². The molecule has 6 nitrogen and oxygen atoms in total. The van der Waals surface area contributed by atoms with Crippen LogP contribution in [0.1, 0.15) is 17.4 Å². The van der Waals surface area contributed by atoms with Crippen LogP contribution >= 0.6 is 23.4 Å². The summed E-state index contributed by atoms with van der Waals surface area (Å²) in [5.74, 6) is 0.933. The topological polar surface area (TPSA) is 66.0 Å². The van der Waals surface area contributed by atoms with Gasteiger partial charge in [0.05, 0.1) is 25.2 Å². The van der Waals surface area contributed by atoms with Gasteiger partial charge in [0.2, 0.25) is 5.82 Å². The van der Waals surface area contributed by atoms with E-state index in [4.69, 9.17) is 20.9 Å². The van der Waals surface area contributed by atoms with Gasteiger partial charge in [-0.2, -0.15) is 4.98 Å². The number of thioether (sulfide) groups is 1. The van der Waals surface area contributed by atoms with Crippen molar-refractivity contribution in [2.75, 3.05) is 6.26 Å². The Morgan fingerprint density at radius 3 is 2.76 bits per heavy atom.